The molecule has 2 nitrogen and oxygen atoms in total. The van der Waals surface area contributed by atoms with Crippen LogP contribution in [-0.4, -0.2) is 29.6 Å². The predicted molar refractivity (Wildman–Crippen MR) is 64.8 cm³/mol. The molecule has 0 bridgehead atoms. The normalized spacial score (nSPS) is 29.8. The molecule has 2 aliphatic rings. The van der Waals surface area contributed by atoms with Gasteiger partial charge in [-0.15, -0.1) is 0 Å². The molecule has 0 spiro atoms. The Morgan fingerprint density at radius 3 is 2.27 bits per heavy atom. The molecule has 2 rings (SSSR count). The fourth-order valence-electron chi connectivity index (χ4n) is 3.20. The van der Waals surface area contributed by atoms with Crippen molar-refractivity contribution in [2.45, 2.75) is 64.0 Å². The molecule has 1 heterocycles. The Hall–Kier alpha value is -0.0800. The molecule has 0 aromatic rings. The van der Waals surface area contributed by atoms with Crippen LogP contribution in [0.15, 0.2) is 0 Å². The van der Waals surface area contributed by atoms with Crippen molar-refractivity contribution in [1.29, 1.82) is 0 Å². The van der Waals surface area contributed by atoms with E-state index < -0.39 is 0 Å². The molecular formula is C13H26N2. The van der Waals surface area contributed by atoms with Gasteiger partial charge in [-0.1, -0.05) is 13.3 Å². The topological polar surface area (TPSA) is 29.3 Å². The lowest BCUT2D eigenvalue weighted by Crippen LogP contribution is -2.60. The Kier molecular flexibility index (Phi) is 3.36. The minimum Gasteiger partial charge on any atom is -0.326 e. The molecule has 2 unspecified atom stereocenters. The first-order chi connectivity index (χ1) is 7.18. The molecule has 88 valence electrons. The summed E-state index contributed by atoms with van der Waals surface area (Å²) in [6, 6.07) is 0.398. The summed E-state index contributed by atoms with van der Waals surface area (Å²) in [6.45, 7) is 7.23. The van der Waals surface area contributed by atoms with Crippen LogP contribution in [0.1, 0.15) is 52.4 Å². The molecule has 2 heteroatoms. The van der Waals surface area contributed by atoms with Gasteiger partial charge in [0.05, 0.1) is 0 Å². The molecule has 15 heavy (non-hydrogen) atoms. The first-order valence-corrected chi connectivity index (χ1v) is 6.69. The highest BCUT2D eigenvalue weighted by atomic mass is 15.2. The fraction of sp³-hybridized carbons (Fsp3) is 1.00. The van der Waals surface area contributed by atoms with E-state index in [4.69, 9.17) is 5.73 Å². The molecule has 0 radical (unpaired) electrons. The van der Waals surface area contributed by atoms with Crippen molar-refractivity contribution in [1.82, 2.24) is 4.90 Å². The molecule has 1 aliphatic carbocycles. The molecule has 0 aromatic carbocycles. The average Bonchev–Trinajstić information content (AvgIpc) is 2.66. The Labute approximate surface area is 94.2 Å². The third kappa shape index (κ3) is 1.94. The summed E-state index contributed by atoms with van der Waals surface area (Å²) in [4.78, 5) is 2.65. The van der Waals surface area contributed by atoms with Crippen LogP contribution in [0.4, 0.5) is 0 Å². The van der Waals surface area contributed by atoms with Crippen LogP contribution in [0.5, 0.6) is 0 Å². The highest BCUT2D eigenvalue weighted by Crippen LogP contribution is 2.37. The zero-order valence-electron chi connectivity index (χ0n) is 10.3. The summed E-state index contributed by atoms with van der Waals surface area (Å²) >= 11 is 0. The van der Waals surface area contributed by atoms with Gasteiger partial charge in [0.25, 0.3) is 0 Å². The van der Waals surface area contributed by atoms with Gasteiger partial charge in [-0.25, -0.2) is 0 Å². The van der Waals surface area contributed by atoms with E-state index in [0.717, 1.165) is 5.92 Å². The molecule has 0 aromatic heterocycles. The number of nitrogens with zero attached hydrogens (tertiary/aromatic N) is 1. The molecule has 1 saturated carbocycles. The van der Waals surface area contributed by atoms with Gasteiger partial charge >= 0.3 is 0 Å². The largest absolute Gasteiger partial charge is 0.326 e. The summed E-state index contributed by atoms with van der Waals surface area (Å²) < 4.78 is 0. The van der Waals surface area contributed by atoms with Gasteiger partial charge < -0.3 is 5.73 Å². The van der Waals surface area contributed by atoms with Gasteiger partial charge in [0, 0.05) is 11.6 Å². The third-order valence-electron chi connectivity index (χ3n) is 4.92. The van der Waals surface area contributed by atoms with E-state index in [-0.39, 0.29) is 5.54 Å². The van der Waals surface area contributed by atoms with E-state index >= 15 is 0 Å². The molecule has 0 amide bonds. The van der Waals surface area contributed by atoms with Crippen molar-refractivity contribution in [3.8, 4) is 0 Å². The van der Waals surface area contributed by atoms with E-state index in [9.17, 15) is 0 Å². The Bertz CT molecular complexity index is 207. The SMILES string of the molecule is CCC(C)(C(N)C1CCC1)N1CCCC1. The first kappa shape index (κ1) is 11.4. The van der Waals surface area contributed by atoms with Crippen molar-refractivity contribution in [2.24, 2.45) is 11.7 Å². The molecule has 2 N–H and O–H groups in total. The van der Waals surface area contributed by atoms with E-state index in [1.54, 1.807) is 0 Å². The maximum atomic E-state index is 6.51. The van der Waals surface area contributed by atoms with E-state index in [0.29, 0.717) is 6.04 Å². The Morgan fingerprint density at radius 1 is 1.27 bits per heavy atom. The van der Waals surface area contributed by atoms with Crippen LogP contribution in [0.2, 0.25) is 0 Å². The van der Waals surface area contributed by atoms with E-state index in [2.05, 4.69) is 18.7 Å². The number of hydrogen-bond acceptors (Lipinski definition) is 2. The number of nitrogens with two attached hydrogens (primary N) is 1. The van der Waals surface area contributed by atoms with Gasteiger partial charge in [0.2, 0.25) is 0 Å². The lowest BCUT2D eigenvalue weighted by Gasteiger charge is -2.48. The Morgan fingerprint density at radius 2 is 1.87 bits per heavy atom. The lowest BCUT2D eigenvalue weighted by molar-refractivity contribution is 0.0542. The predicted octanol–water partition coefficient (Wildman–Crippen LogP) is 2.38. The second kappa shape index (κ2) is 4.42. The quantitative estimate of drug-likeness (QED) is 0.772. The van der Waals surface area contributed by atoms with Crippen LogP contribution >= 0.6 is 0 Å². The van der Waals surface area contributed by atoms with Crippen LogP contribution in [0, 0.1) is 5.92 Å². The Balaban J connectivity index is 2.04. The summed E-state index contributed by atoms with van der Waals surface area (Å²) in [6.07, 6.45) is 8.07. The van der Waals surface area contributed by atoms with Gasteiger partial charge in [0.1, 0.15) is 0 Å². The highest BCUT2D eigenvalue weighted by Gasteiger charge is 2.42. The summed E-state index contributed by atoms with van der Waals surface area (Å²) in [5.41, 5.74) is 6.77. The first-order valence-electron chi connectivity index (χ1n) is 6.69. The average molecular weight is 210 g/mol. The van der Waals surface area contributed by atoms with Crippen molar-refractivity contribution < 1.29 is 0 Å². The van der Waals surface area contributed by atoms with Crippen molar-refractivity contribution in [3.63, 3.8) is 0 Å². The zero-order valence-corrected chi connectivity index (χ0v) is 10.3. The maximum absolute atomic E-state index is 6.51. The minimum atomic E-state index is 0.265. The van der Waals surface area contributed by atoms with E-state index in [1.807, 2.05) is 0 Å². The summed E-state index contributed by atoms with van der Waals surface area (Å²) in [5, 5.41) is 0. The van der Waals surface area contributed by atoms with Crippen molar-refractivity contribution in [2.75, 3.05) is 13.1 Å². The van der Waals surface area contributed by atoms with Crippen LogP contribution in [-0.2, 0) is 0 Å². The second-order valence-corrected chi connectivity index (χ2v) is 5.62. The summed E-state index contributed by atoms with van der Waals surface area (Å²) in [7, 11) is 0. The van der Waals surface area contributed by atoms with Gasteiger partial charge in [-0.3, -0.25) is 4.90 Å². The van der Waals surface area contributed by atoms with Crippen molar-refractivity contribution >= 4 is 0 Å². The van der Waals surface area contributed by atoms with Crippen LogP contribution < -0.4 is 5.73 Å². The molecule has 1 aliphatic heterocycles. The third-order valence-corrected chi connectivity index (χ3v) is 4.92. The molecule has 2 fully saturated rings. The second-order valence-electron chi connectivity index (χ2n) is 5.62. The molecule has 2 atom stereocenters. The number of likely N-dealkylation sites (tertiary alicyclic amines) is 1. The highest BCUT2D eigenvalue weighted by molar-refractivity contribution is 5.00. The van der Waals surface area contributed by atoms with Crippen LogP contribution in [0.25, 0.3) is 0 Å². The zero-order chi connectivity index (χ0) is 10.9. The lowest BCUT2D eigenvalue weighted by atomic mass is 9.71. The van der Waals surface area contributed by atoms with Gasteiger partial charge in [0.15, 0.2) is 0 Å². The van der Waals surface area contributed by atoms with Crippen LogP contribution in [0.3, 0.4) is 0 Å². The van der Waals surface area contributed by atoms with Gasteiger partial charge in [-0.2, -0.15) is 0 Å². The minimum absolute atomic E-state index is 0.265. The van der Waals surface area contributed by atoms with E-state index in [1.165, 1.54) is 51.6 Å². The maximum Gasteiger partial charge on any atom is 0.0332 e. The molecular weight excluding hydrogens is 184 g/mol. The molecule has 1 saturated heterocycles. The number of hydrogen-bond donors (Lipinski definition) is 1. The number of rotatable bonds is 4. The summed E-state index contributed by atoms with van der Waals surface area (Å²) in [5.74, 6) is 0.801. The van der Waals surface area contributed by atoms with Crippen molar-refractivity contribution in [3.05, 3.63) is 0 Å². The fourth-order valence-corrected chi connectivity index (χ4v) is 3.20. The van der Waals surface area contributed by atoms with Gasteiger partial charge in [-0.05, 0) is 58.0 Å². The smallest absolute Gasteiger partial charge is 0.0332 e. The monoisotopic (exact) mass is 210 g/mol. The standard InChI is InChI=1S/C13H26N2/c1-3-13(2,15-9-4-5-10-15)12(14)11-7-6-8-11/h11-12H,3-10,14H2,1-2H3.